The molecule has 1 unspecified atom stereocenters. The number of allylic oxidation sites excluding steroid dienone is 2. The van der Waals surface area contributed by atoms with Gasteiger partial charge in [-0.25, -0.2) is 0 Å². The van der Waals surface area contributed by atoms with Crippen LogP contribution in [-0.4, -0.2) is 21.2 Å². The Kier molecular flexibility index (Phi) is 5.47. The van der Waals surface area contributed by atoms with Gasteiger partial charge in [-0.1, -0.05) is 54.6 Å². The van der Waals surface area contributed by atoms with E-state index in [-0.39, 0.29) is 5.92 Å². The molecule has 0 fully saturated rings. The number of rotatable bonds is 7. The Labute approximate surface area is 155 Å². The van der Waals surface area contributed by atoms with E-state index < -0.39 is 0 Å². The maximum Gasteiger partial charge on any atom is 0.203 e. The molecule has 3 heteroatoms. The molecule has 26 heavy (non-hydrogen) atoms. The highest BCUT2D eigenvalue weighted by molar-refractivity contribution is 5.97. The topological polar surface area (TPSA) is 25.6 Å². The van der Waals surface area contributed by atoms with Gasteiger partial charge in [0, 0.05) is 43.3 Å². The minimum absolute atomic E-state index is 0.192. The van der Waals surface area contributed by atoms with Gasteiger partial charge in [0.25, 0.3) is 0 Å². The predicted molar refractivity (Wildman–Crippen MR) is 110 cm³/mol. The predicted octanol–water partition coefficient (Wildman–Crippen LogP) is 5.85. The Balaban J connectivity index is 1.97. The lowest BCUT2D eigenvalue weighted by atomic mass is 9.94. The van der Waals surface area contributed by atoms with Gasteiger partial charge < -0.3 is 14.1 Å². The van der Waals surface area contributed by atoms with E-state index in [0.29, 0.717) is 0 Å². The number of nitrogens with zero attached hydrogens (tertiary/aromatic N) is 1. The molecule has 0 N–H and O–H groups in total. The van der Waals surface area contributed by atoms with Gasteiger partial charge in [-0.05, 0) is 11.6 Å². The zero-order valence-electron chi connectivity index (χ0n) is 15.6. The van der Waals surface area contributed by atoms with Crippen LogP contribution in [0.5, 0.6) is 0 Å². The van der Waals surface area contributed by atoms with Crippen molar-refractivity contribution in [3.05, 3.63) is 84.3 Å². The van der Waals surface area contributed by atoms with Crippen LogP contribution >= 0.6 is 0 Å². The van der Waals surface area contributed by atoms with Crippen LogP contribution in [0.25, 0.3) is 16.8 Å². The highest BCUT2D eigenvalue weighted by atomic mass is 16.5. The lowest BCUT2D eigenvalue weighted by molar-refractivity contribution is 0.277. The number of methoxy groups -OCH3 is 1. The van der Waals surface area contributed by atoms with Gasteiger partial charge >= 0.3 is 0 Å². The number of hydrogen-bond donors (Lipinski definition) is 0. The fraction of sp³-hybridized carbons (Fsp3) is 0.217. The van der Waals surface area contributed by atoms with E-state index in [2.05, 4.69) is 30.8 Å². The SMILES string of the molecule is C=CC(C/C(=C/c1oc(N(C)C)c2ccccc12)OC)c1ccccc1. The molecular formula is C23H25NO2. The van der Waals surface area contributed by atoms with Crippen molar-refractivity contribution in [3.8, 4) is 0 Å². The van der Waals surface area contributed by atoms with Crippen molar-refractivity contribution in [2.45, 2.75) is 12.3 Å². The lowest BCUT2D eigenvalue weighted by Crippen LogP contribution is -2.07. The van der Waals surface area contributed by atoms with Gasteiger partial charge in [0.05, 0.1) is 7.11 Å². The van der Waals surface area contributed by atoms with Gasteiger partial charge in [0.1, 0.15) is 11.5 Å². The molecule has 1 atom stereocenters. The highest BCUT2D eigenvalue weighted by Gasteiger charge is 2.15. The Hall–Kier alpha value is -2.94. The third-order valence-electron chi connectivity index (χ3n) is 4.52. The molecule has 0 aliphatic carbocycles. The molecular weight excluding hydrogens is 322 g/mol. The molecule has 1 heterocycles. The van der Waals surface area contributed by atoms with E-state index in [4.69, 9.17) is 9.15 Å². The van der Waals surface area contributed by atoms with Gasteiger partial charge in [0.2, 0.25) is 5.88 Å². The first kappa shape index (κ1) is 17.9. The van der Waals surface area contributed by atoms with Crippen molar-refractivity contribution in [3.63, 3.8) is 0 Å². The minimum Gasteiger partial charge on any atom is -0.501 e. The molecule has 3 nitrogen and oxygen atoms in total. The van der Waals surface area contributed by atoms with E-state index in [1.807, 2.05) is 61.5 Å². The van der Waals surface area contributed by atoms with Crippen molar-refractivity contribution in [1.29, 1.82) is 0 Å². The number of anilines is 1. The summed E-state index contributed by atoms with van der Waals surface area (Å²) in [5.41, 5.74) is 1.23. The molecule has 0 aliphatic heterocycles. The maximum atomic E-state index is 6.12. The van der Waals surface area contributed by atoms with Crippen LogP contribution in [0.2, 0.25) is 0 Å². The molecule has 0 spiro atoms. The van der Waals surface area contributed by atoms with Crippen LogP contribution in [0, 0.1) is 0 Å². The number of fused-ring (bicyclic) bond motifs is 1. The molecule has 0 amide bonds. The molecule has 0 saturated carbocycles. The summed E-state index contributed by atoms with van der Waals surface area (Å²) in [6.07, 6.45) is 4.69. The maximum absolute atomic E-state index is 6.12. The molecule has 2 aromatic carbocycles. The fourth-order valence-corrected chi connectivity index (χ4v) is 3.14. The first-order chi connectivity index (χ1) is 12.6. The number of hydrogen-bond acceptors (Lipinski definition) is 3. The molecule has 0 bridgehead atoms. The summed E-state index contributed by atoms with van der Waals surface area (Å²) >= 11 is 0. The average Bonchev–Trinajstić information content (AvgIpc) is 3.04. The van der Waals surface area contributed by atoms with Crippen LogP contribution < -0.4 is 4.90 Å². The van der Waals surface area contributed by atoms with Gasteiger partial charge in [-0.2, -0.15) is 0 Å². The molecule has 0 radical (unpaired) electrons. The molecule has 1 aromatic heterocycles. The van der Waals surface area contributed by atoms with Crippen LogP contribution in [0.4, 0.5) is 5.88 Å². The Morgan fingerprint density at radius 2 is 1.73 bits per heavy atom. The van der Waals surface area contributed by atoms with Gasteiger partial charge in [-0.3, -0.25) is 0 Å². The Morgan fingerprint density at radius 1 is 1.08 bits per heavy atom. The highest BCUT2D eigenvalue weighted by Crippen LogP contribution is 2.34. The third-order valence-corrected chi connectivity index (χ3v) is 4.52. The first-order valence-corrected chi connectivity index (χ1v) is 8.75. The average molecular weight is 347 g/mol. The van der Waals surface area contributed by atoms with Gasteiger partial charge in [-0.15, -0.1) is 6.58 Å². The van der Waals surface area contributed by atoms with Crippen LogP contribution in [0.15, 0.2) is 77.4 Å². The number of furan rings is 1. The molecule has 3 rings (SSSR count). The van der Waals surface area contributed by atoms with Crippen molar-refractivity contribution in [2.75, 3.05) is 26.1 Å². The van der Waals surface area contributed by atoms with Gasteiger partial charge in [0.15, 0.2) is 0 Å². The first-order valence-electron chi connectivity index (χ1n) is 8.75. The summed E-state index contributed by atoms with van der Waals surface area (Å²) in [6, 6.07) is 18.6. The number of ether oxygens (including phenoxy) is 1. The van der Waals surface area contributed by atoms with E-state index in [0.717, 1.165) is 34.6 Å². The van der Waals surface area contributed by atoms with Crippen LogP contribution in [0.1, 0.15) is 23.7 Å². The standard InChI is InChI=1S/C23H25NO2/c1-5-17(18-11-7-6-8-12-18)15-19(25-4)16-22-20-13-9-10-14-21(20)23(26-22)24(2)3/h5-14,16-17H,1,15H2,2-4H3/b19-16-. The largest absolute Gasteiger partial charge is 0.501 e. The second-order valence-corrected chi connectivity index (χ2v) is 6.48. The summed E-state index contributed by atoms with van der Waals surface area (Å²) in [5.74, 6) is 2.73. The van der Waals surface area contributed by atoms with Crippen molar-refractivity contribution in [2.24, 2.45) is 0 Å². The smallest absolute Gasteiger partial charge is 0.203 e. The summed E-state index contributed by atoms with van der Waals surface area (Å²) in [5, 5.41) is 2.18. The summed E-state index contributed by atoms with van der Waals surface area (Å²) in [7, 11) is 5.67. The van der Waals surface area contributed by atoms with E-state index in [1.165, 1.54) is 5.56 Å². The monoisotopic (exact) mass is 347 g/mol. The van der Waals surface area contributed by atoms with Crippen LogP contribution in [-0.2, 0) is 4.74 Å². The zero-order valence-corrected chi connectivity index (χ0v) is 15.6. The molecule has 134 valence electrons. The fourth-order valence-electron chi connectivity index (χ4n) is 3.14. The number of benzene rings is 2. The van der Waals surface area contributed by atoms with Crippen molar-refractivity contribution < 1.29 is 9.15 Å². The molecule has 0 aliphatic rings. The zero-order chi connectivity index (χ0) is 18.5. The Morgan fingerprint density at radius 3 is 2.35 bits per heavy atom. The van der Waals surface area contributed by atoms with E-state index in [1.54, 1.807) is 7.11 Å². The van der Waals surface area contributed by atoms with Crippen LogP contribution in [0.3, 0.4) is 0 Å². The quantitative estimate of drug-likeness (QED) is 0.396. The molecule has 3 aromatic rings. The minimum atomic E-state index is 0.192. The van der Waals surface area contributed by atoms with Crippen molar-refractivity contribution >= 4 is 22.7 Å². The normalized spacial score (nSPS) is 12.8. The van der Waals surface area contributed by atoms with E-state index in [9.17, 15) is 0 Å². The molecule has 0 saturated heterocycles. The summed E-state index contributed by atoms with van der Waals surface area (Å²) < 4.78 is 11.8. The van der Waals surface area contributed by atoms with E-state index >= 15 is 0 Å². The summed E-state index contributed by atoms with van der Waals surface area (Å²) in [6.45, 7) is 4.00. The third kappa shape index (κ3) is 3.67. The second-order valence-electron chi connectivity index (χ2n) is 6.48. The lowest BCUT2D eigenvalue weighted by Gasteiger charge is -2.14. The summed E-state index contributed by atoms with van der Waals surface area (Å²) in [4.78, 5) is 1.99. The second kappa shape index (κ2) is 7.96. The van der Waals surface area contributed by atoms with Crippen molar-refractivity contribution in [1.82, 2.24) is 0 Å². The Bertz CT molecular complexity index is 906.